The standard InChI is InChI=1S/C48H74O8/c1-31(2)32-14-23-48(30-55-39(53)28-46(26-37(49)50)17-8-9-18-46)25-24-44(6)33(41(32)48)12-13-35-43(5)21-16-36(42(3,4)34(43)15-22-45(35,44)7)56-40(54)29-47(27-38(51)52)19-10-11-20-47/h32-36,41H,1,8-30H2,2-7H3,(H,49,50)(H,51,52)/t32-,33?,34?,35?,36-,41?,43-,44+,45+,48+/m0/s1. The molecule has 0 aliphatic heterocycles. The van der Waals surface area contributed by atoms with Gasteiger partial charge in [-0.05, 0) is 153 Å². The zero-order chi connectivity index (χ0) is 40.5. The van der Waals surface area contributed by atoms with E-state index in [1.54, 1.807) is 0 Å². The Balaban J connectivity index is 1.08. The monoisotopic (exact) mass is 779 g/mol. The number of aliphatic carboxylic acids is 2. The van der Waals surface area contributed by atoms with E-state index in [2.05, 4.69) is 48.1 Å². The number of rotatable bonds is 12. The molecule has 0 radical (unpaired) electrons. The summed E-state index contributed by atoms with van der Waals surface area (Å²) < 4.78 is 12.7. The molecule has 10 atom stereocenters. The van der Waals surface area contributed by atoms with Gasteiger partial charge in [0.15, 0.2) is 0 Å². The van der Waals surface area contributed by atoms with Crippen LogP contribution in [0, 0.1) is 67.5 Å². The molecular weight excluding hydrogens is 705 g/mol. The highest BCUT2D eigenvalue weighted by Crippen LogP contribution is 2.77. The molecule has 0 aromatic carbocycles. The molecule has 7 fully saturated rings. The molecule has 0 bridgehead atoms. The smallest absolute Gasteiger partial charge is 0.306 e. The molecule has 56 heavy (non-hydrogen) atoms. The minimum Gasteiger partial charge on any atom is -0.481 e. The average molecular weight is 779 g/mol. The van der Waals surface area contributed by atoms with Crippen LogP contribution in [-0.4, -0.2) is 46.8 Å². The molecule has 0 spiro atoms. The maximum atomic E-state index is 13.6. The third kappa shape index (κ3) is 6.88. The van der Waals surface area contributed by atoms with Gasteiger partial charge in [0.2, 0.25) is 0 Å². The SMILES string of the molecule is C=C(C)[C@@H]1CC[C@]2(COC(=O)CC3(CC(=O)O)CCCC3)CC[C@]3(C)C(CCC4[C@@]5(C)CC[C@H](OC(=O)CC6(CC(=O)O)CCCC6)C(C)(C)C5CC[C@]43C)C12. The van der Waals surface area contributed by atoms with Crippen LogP contribution in [-0.2, 0) is 28.7 Å². The minimum atomic E-state index is -0.820. The third-order valence-corrected chi connectivity index (χ3v) is 19.4. The van der Waals surface area contributed by atoms with Gasteiger partial charge in [0, 0.05) is 10.8 Å². The summed E-state index contributed by atoms with van der Waals surface area (Å²) in [6, 6.07) is 0. The van der Waals surface area contributed by atoms with Gasteiger partial charge in [-0.15, -0.1) is 0 Å². The Bertz CT molecular complexity index is 1570. The molecule has 8 heteroatoms. The summed E-state index contributed by atoms with van der Waals surface area (Å²) in [5, 5.41) is 19.3. The first-order valence-electron chi connectivity index (χ1n) is 22.7. The molecule has 7 saturated carbocycles. The zero-order valence-electron chi connectivity index (χ0n) is 35.8. The van der Waals surface area contributed by atoms with Crippen LogP contribution in [0.3, 0.4) is 0 Å². The Hall–Kier alpha value is -2.38. The van der Waals surface area contributed by atoms with E-state index in [1.165, 1.54) is 18.4 Å². The van der Waals surface area contributed by atoms with E-state index in [0.29, 0.717) is 36.2 Å². The van der Waals surface area contributed by atoms with Crippen LogP contribution < -0.4 is 0 Å². The van der Waals surface area contributed by atoms with Crippen LogP contribution in [0.15, 0.2) is 12.2 Å². The van der Waals surface area contributed by atoms with Gasteiger partial charge < -0.3 is 19.7 Å². The lowest BCUT2D eigenvalue weighted by Gasteiger charge is -2.73. The normalized spacial score (nSPS) is 41.7. The first-order valence-corrected chi connectivity index (χ1v) is 22.7. The van der Waals surface area contributed by atoms with Crippen molar-refractivity contribution in [1.29, 1.82) is 0 Å². The number of fused-ring (bicyclic) bond motifs is 7. The van der Waals surface area contributed by atoms with E-state index in [4.69, 9.17) is 9.47 Å². The number of allylic oxidation sites excluding steroid dienone is 1. The molecule has 2 N–H and O–H groups in total. The Morgan fingerprint density at radius 2 is 1.21 bits per heavy atom. The van der Waals surface area contributed by atoms with E-state index in [9.17, 15) is 29.4 Å². The van der Waals surface area contributed by atoms with Crippen LogP contribution in [0.25, 0.3) is 0 Å². The van der Waals surface area contributed by atoms with Crippen molar-refractivity contribution in [3.05, 3.63) is 12.2 Å². The predicted octanol–water partition coefficient (Wildman–Crippen LogP) is 10.9. The van der Waals surface area contributed by atoms with Gasteiger partial charge in [-0.2, -0.15) is 0 Å². The summed E-state index contributed by atoms with van der Waals surface area (Å²) in [6.45, 7) is 19.7. The molecule has 0 aromatic heterocycles. The van der Waals surface area contributed by atoms with Crippen molar-refractivity contribution in [3.8, 4) is 0 Å². The largest absolute Gasteiger partial charge is 0.481 e. The molecule has 0 heterocycles. The fourth-order valence-corrected chi connectivity index (χ4v) is 16.5. The van der Waals surface area contributed by atoms with Gasteiger partial charge in [0.25, 0.3) is 0 Å². The number of esters is 2. The second kappa shape index (κ2) is 14.7. The third-order valence-electron chi connectivity index (χ3n) is 19.4. The summed E-state index contributed by atoms with van der Waals surface area (Å²) in [7, 11) is 0. The second-order valence-corrected chi connectivity index (χ2v) is 22.5. The number of carboxylic acid groups (broad SMARTS) is 2. The maximum absolute atomic E-state index is 13.6. The zero-order valence-corrected chi connectivity index (χ0v) is 35.8. The fraction of sp³-hybridized carbons (Fsp3) is 0.875. The first kappa shape index (κ1) is 41.8. The molecule has 8 nitrogen and oxygen atoms in total. The molecule has 7 rings (SSSR count). The predicted molar refractivity (Wildman–Crippen MR) is 215 cm³/mol. The van der Waals surface area contributed by atoms with Gasteiger partial charge >= 0.3 is 23.9 Å². The number of carboxylic acids is 2. The molecule has 0 aromatic rings. The fourth-order valence-electron chi connectivity index (χ4n) is 16.5. The number of carbonyl (C=O) groups excluding carboxylic acids is 2. The summed E-state index contributed by atoms with van der Waals surface area (Å²) in [4.78, 5) is 50.7. The number of carbonyl (C=O) groups is 4. The van der Waals surface area contributed by atoms with E-state index in [-0.39, 0.29) is 70.8 Å². The van der Waals surface area contributed by atoms with Crippen LogP contribution in [0.4, 0.5) is 0 Å². The Kier molecular flexibility index (Phi) is 11.0. The molecule has 314 valence electrons. The molecule has 0 saturated heterocycles. The maximum Gasteiger partial charge on any atom is 0.306 e. The van der Waals surface area contributed by atoms with Crippen molar-refractivity contribution in [1.82, 2.24) is 0 Å². The van der Waals surface area contributed by atoms with Crippen LogP contribution >= 0.6 is 0 Å². The molecular formula is C48H74O8. The van der Waals surface area contributed by atoms with Crippen molar-refractivity contribution in [2.24, 2.45) is 67.5 Å². The van der Waals surface area contributed by atoms with Crippen molar-refractivity contribution in [2.45, 2.75) is 189 Å². The Labute approximate surface area is 337 Å². The number of hydrogen-bond donors (Lipinski definition) is 2. The average Bonchev–Trinajstić information content (AvgIpc) is 3.84. The summed E-state index contributed by atoms with van der Waals surface area (Å²) in [6.07, 6.45) is 18.3. The van der Waals surface area contributed by atoms with Gasteiger partial charge in [0.05, 0.1) is 32.3 Å². The highest BCUT2D eigenvalue weighted by molar-refractivity contribution is 5.74. The molecule has 7 aliphatic rings. The van der Waals surface area contributed by atoms with Crippen molar-refractivity contribution in [2.75, 3.05) is 6.61 Å². The summed E-state index contributed by atoms with van der Waals surface area (Å²) >= 11 is 0. The highest BCUT2D eigenvalue weighted by Gasteiger charge is 2.71. The lowest BCUT2D eigenvalue weighted by Crippen LogP contribution is -2.67. The van der Waals surface area contributed by atoms with Gasteiger partial charge in [0.1, 0.15) is 6.10 Å². The number of ether oxygens (including phenoxy) is 2. The lowest BCUT2D eigenvalue weighted by molar-refractivity contribution is -0.252. The summed E-state index contributed by atoms with van der Waals surface area (Å²) in [5.74, 6) is 0.299. The van der Waals surface area contributed by atoms with Gasteiger partial charge in [-0.1, -0.05) is 72.5 Å². The van der Waals surface area contributed by atoms with Crippen molar-refractivity contribution >= 4 is 23.9 Å². The molecule has 4 unspecified atom stereocenters. The van der Waals surface area contributed by atoms with Crippen LogP contribution in [0.1, 0.15) is 183 Å². The Morgan fingerprint density at radius 3 is 1.79 bits per heavy atom. The van der Waals surface area contributed by atoms with Gasteiger partial charge in [-0.25, -0.2) is 0 Å². The lowest BCUT2D eigenvalue weighted by atomic mass is 9.32. The quantitative estimate of drug-likeness (QED) is 0.148. The van der Waals surface area contributed by atoms with Crippen molar-refractivity contribution in [3.63, 3.8) is 0 Å². The molecule has 7 aliphatic carbocycles. The second-order valence-electron chi connectivity index (χ2n) is 22.5. The van der Waals surface area contributed by atoms with Crippen LogP contribution in [0.5, 0.6) is 0 Å². The van der Waals surface area contributed by atoms with E-state index < -0.39 is 22.8 Å². The molecule has 0 amide bonds. The summed E-state index contributed by atoms with van der Waals surface area (Å²) in [5.41, 5.74) is 0.528. The number of hydrogen-bond acceptors (Lipinski definition) is 6. The van der Waals surface area contributed by atoms with Gasteiger partial charge in [-0.3, -0.25) is 19.2 Å². The van der Waals surface area contributed by atoms with E-state index in [0.717, 1.165) is 103 Å². The van der Waals surface area contributed by atoms with E-state index in [1.807, 2.05) is 0 Å². The van der Waals surface area contributed by atoms with Crippen molar-refractivity contribution < 1.29 is 38.9 Å². The topological polar surface area (TPSA) is 127 Å². The van der Waals surface area contributed by atoms with Crippen LogP contribution in [0.2, 0.25) is 0 Å². The first-order chi connectivity index (χ1) is 26.2. The Morgan fingerprint density at radius 1 is 0.625 bits per heavy atom. The van der Waals surface area contributed by atoms with E-state index >= 15 is 0 Å². The minimum absolute atomic E-state index is 0.0474. The highest BCUT2D eigenvalue weighted by atomic mass is 16.5.